The van der Waals surface area contributed by atoms with E-state index in [0.717, 1.165) is 19.4 Å². The molecule has 0 radical (unpaired) electrons. The monoisotopic (exact) mass is 225 g/mol. The van der Waals surface area contributed by atoms with E-state index in [9.17, 15) is 0 Å². The van der Waals surface area contributed by atoms with Gasteiger partial charge in [-0.1, -0.05) is 27.7 Å². The van der Waals surface area contributed by atoms with Crippen LogP contribution >= 0.6 is 0 Å². The number of ether oxygens (including phenoxy) is 1. The van der Waals surface area contributed by atoms with Crippen molar-refractivity contribution in [3.63, 3.8) is 0 Å². The van der Waals surface area contributed by atoms with Crippen molar-refractivity contribution in [3.05, 3.63) is 0 Å². The molecular formula is C14H27NO. The van der Waals surface area contributed by atoms with Gasteiger partial charge in [0.25, 0.3) is 0 Å². The van der Waals surface area contributed by atoms with Crippen molar-refractivity contribution in [2.75, 3.05) is 6.54 Å². The fourth-order valence-corrected chi connectivity index (χ4v) is 3.25. The van der Waals surface area contributed by atoms with Gasteiger partial charge in [-0.15, -0.1) is 0 Å². The van der Waals surface area contributed by atoms with E-state index in [1.165, 1.54) is 19.3 Å². The molecule has 1 aliphatic carbocycles. The van der Waals surface area contributed by atoms with Crippen LogP contribution in [-0.4, -0.2) is 24.3 Å². The zero-order chi connectivity index (χ0) is 11.8. The first-order valence-electron chi connectivity index (χ1n) is 6.91. The van der Waals surface area contributed by atoms with Gasteiger partial charge >= 0.3 is 0 Å². The summed E-state index contributed by atoms with van der Waals surface area (Å²) >= 11 is 0. The van der Waals surface area contributed by atoms with E-state index >= 15 is 0 Å². The van der Waals surface area contributed by atoms with E-state index in [-0.39, 0.29) is 5.60 Å². The Hall–Kier alpha value is -0.0800. The number of morpholine rings is 1. The highest BCUT2D eigenvalue weighted by Crippen LogP contribution is 2.40. The zero-order valence-corrected chi connectivity index (χ0v) is 11.3. The number of hydrogen-bond acceptors (Lipinski definition) is 2. The van der Waals surface area contributed by atoms with Crippen LogP contribution in [0.15, 0.2) is 0 Å². The lowest BCUT2D eigenvalue weighted by Gasteiger charge is -2.50. The van der Waals surface area contributed by atoms with Crippen LogP contribution in [-0.2, 0) is 4.74 Å². The van der Waals surface area contributed by atoms with E-state index in [4.69, 9.17) is 4.74 Å². The van der Waals surface area contributed by atoms with E-state index in [2.05, 4.69) is 33.0 Å². The highest BCUT2D eigenvalue weighted by Gasteiger charge is 2.43. The van der Waals surface area contributed by atoms with Crippen LogP contribution in [0.2, 0.25) is 0 Å². The lowest BCUT2D eigenvalue weighted by Crippen LogP contribution is -2.61. The van der Waals surface area contributed by atoms with Gasteiger partial charge in [0, 0.05) is 12.6 Å². The lowest BCUT2D eigenvalue weighted by atomic mass is 9.72. The molecule has 16 heavy (non-hydrogen) atoms. The van der Waals surface area contributed by atoms with Crippen LogP contribution in [0.25, 0.3) is 0 Å². The third-order valence-electron chi connectivity index (χ3n) is 4.70. The van der Waals surface area contributed by atoms with Gasteiger partial charge in [0.1, 0.15) is 0 Å². The Balaban J connectivity index is 2.02. The molecule has 2 rings (SSSR count). The zero-order valence-electron chi connectivity index (χ0n) is 11.3. The molecule has 1 N–H and O–H groups in total. The largest absolute Gasteiger partial charge is 0.369 e. The molecule has 2 aliphatic rings. The average Bonchev–Trinajstić information content (AvgIpc) is 2.28. The minimum atomic E-state index is 0.114. The van der Waals surface area contributed by atoms with Gasteiger partial charge in [0.05, 0.1) is 11.7 Å². The fourth-order valence-electron chi connectivity index (χ4n) is 3.25. The number of hydrogen-bond donors (Lipinski definition) is 1. The fraction of sp³-hybridized carbons (Fsp3) is 1.00. The van der Waals surface area contributed by atoms with Crippen molar-refractivity contribution in [1.82, 2.24) is 5.32 Å². The van der Waals surface area contributed by atoms with E-state index in [1.54, 1.807) is 0 Å². The third kappa shape index (κ3) is 2.28. The van der Waals surface area contributed by atoms with Gasteiger partial charge in [-0.05, 0) is 37.5 Å². The second kappa shape index (κ2) is 4.30. The summed E-state index contributed by atoms with van der Waals surface area (Å²) in [5.74, 6) is 0. The minimum absolute atomic E-state index is 0.114. The van der Waals surface area contributed by atoms with Crippen molar-refractivity contribution in [2.45, 2.75) is 77.5 Å². The SMILES string of the molecule is CCC1(CC)CNC2CC(C)(C)CCC2O1. The molecule has 1 saturated heterocycles. The molecule has 1 heterocycles. The normalized spacial score (nSPS) is 36.8. The Labute approximate surface area is 100 Å². The van der Waals surface area contributed by atoms with Crippen molar-refractivity contribution in [3.8, 4) is 0 Å². The van der Waals surface area contributed by atoms with Gasteiger partial charge in [0.15, 0.2) is 0 Å². The summed E-state index contributed by atoms with van der Waals surface area (Å²) in [6.07, 6.45) is 6.51. The molecule has 0 aromatic heterocycles. The van der Waals surface area contributed by atoms with Crippen LogP contribution < -0.4 is 5.32 Å². The van der Waals surface area contributed by atoms with Crippen molar-refractivity contribution in [1.29, 1.82) is 0 Å². The van der Waals surface area contributed by atoms with Crippen LogP contribution in [0, 0.1) is 5.41 Å². The van der Waals surface area contributed by atoms with E-state index in [1.807, 2.05) is 0 Å². The van der Waals surface area contributed by atoms with Crippen LogP contribution in [0.1, 0.15) is 59.8 Å². The first-order valence-corrected chi connectivity index (χ1v) is 6.91. The molecule has 1 aliphatic heterocycles. The highest BCUT2D eigenvalue weighted by molar-refractivity contribution is 4.97. The molecule has 2 nitrogen and oxygen atoms in total. The quantitative estimate of drug-likeness (QED) is 0.779. The molecule has 94 valence electrons. The molecule has 2 atom stereocenters. The van der Waals surface area contributed by atoms with Crippen LogP contribution in [0.3, 0.4) is 0 Å². The summed E-state index contributed by atoms with van der Waals surface area (Å²) in [6.45, 7) is 10.3. The second-order valence-electron chi connectivity index (χ2n) is 6.44. The summed E-state index contributed by atoms with van der Waals surface area (Å²) in [4.78, 5) is 0. The highest BCUT2D eigenvalue weighted by atomic mass is 16.5. The maximum Gasteiger partial charge on any atom is 0.0805 e. The molecule has 0 amide bonds. The second-order valence-corrected chi connectivity index (χ2v) is 6.44. The maximum absolute atomic E-state index is 6.41. The average molecular weight is 225 g/mol. The van der Waals surface area contributed by atoms with Crippen molar-refractivity contribution < 1.29 is 4.74 Å². The van der Waals surface area contributed by atoms with Crippen LogP contribution in [0.4, 0.5) is 0 Å². The van der Waals surface area contributed by atoms with Gasteiger partial charge in [0.2, 0.25) is 0 Å². The summed E-state index contributed by atoms with van der Waals surface area (Å²) in [5, 5.41) is 3.74. The Morgan fingerprint density at radius 1 is 1.25 bits per heavy atom. The summed E-state index contributed by atoms with van der Waals surface area (Å²) in [5.41, 5.74) is 0.610. The summed E-state index contributed by atoms with van der Waals surface area (Å²) < 4.78 is 6.41. The molecule has 0 aromatic rings. The molecule has 0 bridgehead atoms. The smallest absolute Gasteiger partial charge is 0.0805 e. The van der Waals surface area contributed by atoms with E-state index < -0.39 is 0 Å². The Morgan fingerprint density at radius 2 is 1.94 bits per heavy atom. The van der Waals surface area contributed by atoms with Gasteiger partial charge < -0.3 is 10.1 Å². The predicted molar refractivity (Wildman–Crippen MR) is 67.6 cm³/mol. The molecule has 0 spiro atoms. The first-order chi connectivity index (χ1) is 7.50. The third-order valence-corrected chi connectivity index (χ3v) is 4.70. The molecule has 2 heteroatoms. The van der Waals surface area contributed by atoms with Crippen molar-refractivity contribution in [2.24, 2.45) is 5.41 Å². The van der Waals surface area contributed by atoms with Gasteiger partial charge in [-0.25, -0.2) is 0 Å². The summed E-state index contributed by atoms with van der Waals surface area (Å²) in [6, 6.07) is 0.593. The molecular weight excluding hydrogens is 198 g/mol. The maximum atomic E-state index is 6.41. The van der Waals surface area contributed by atoms with Crippen LogP contribution in [0.5, 0.6) is 0 Å². The number of fused-ring (bicyclic) bond motifs is 1. The van der Waals surface area contributed by atoms with Gasteiger partial charge in [-0.2, -0.15) is 0 Å². The standard InChI is InChI=1S/C14H27NO/c1-5-14(6-2)10-15-11-9-13(3,4)8-7-12(11)16-14/h11-12,15H,5-10H2,1-4H3. The molecule has 0 aromatic carbocycles. The Bertz CT molecular complexity index is 245. The summed E-state index contributed by atoms with van der Waals surface area (Å²) in [7, 11) is 0. The number of nitrogens with one attached hydrogen (secondary N) is 1. The minimum Gasteiger partial charge on any atom is -0.369 e. The van der Waals surface area contributed by atoms with E-state index in [0.29, 0.717) is 17.6 Å². The predicted octanol–water partition coefficient (Wildman–Crippen LogP) is 3.11. The van der Waals surface area contributed by atoms with Gasteiger partial charge in [-0.3, -0.25) is 0 Å². The Kier molecular flexibility index (Phi) is 3.33. The lowest BCUT2D eigenvalue weighted by molar-refractivity contribution is -0.158. The molecule has 1 saturated carbocycles. The molecule has 2 fully saturated rings. The molecule has 2 unspecified atom stereocenters. The Morgan fingerprint density at radius 3 is 2.56 bits per heavy atom. The number of rotatable bonds is 2. The topological polar surface area (TPSA) is 21.3 Å². The first kappa shape index (κ1) is 12.4. The van der Waals surface area contributed by atoms with Crippen molar-refractivity contribution >= 4 is 0 Å².